The Morgan fingerprint density at radius 1 is 1.39 bits per heavy atom. The van der Waals surface area contributed by atoms with E-state index >= 15 is 0 Å². The van der Waals surface area contributed by atoms with Crippen molar-refractivity contribution in [2.75, 3.05) is 7.11 Å². The smallest absolute Gasteiger partial charge is 0.349 e. The highest BCUT2D eigenvalue weighted by atomic mass is 32.1. The molecule has 2 aromatic heterocycles. The fourth-order valence-electron chi connectivity index (χ4n) is 1.25. The molecule has 0 radical (unpaired) electrons. The summed E-state index contributed by atoms with van der Waals surface area (Å²) < 4.78 is 10.3. The maximum Gasteiger partial charge on any atom is 0.349 e. The first kappa shape index (κ1) is 12.3. The average molecular weight is 266 g/mol. The summed E-state index contributed by atoms with van der Waals surface area (Å²) >= 11 is 1.12. The second-order valence-electron chi connectivity index (χ2n) is 3.27. The molecule has 18 heavy (non-hydrogen) atoms. The van der Waals surface area contributed by atoms with Crippen LogP contribution in [-0.4, -0.2) is 28.4 Å². The van der Waals surface area contributed by atoms with Crippen molar-refractivity contribution in [3.05, 3.63) is 34.2 Å². The van der Waals surface area contributed by atoms with Gasteiger partial charge < -0.3 is 14.6 Å². The Bertz CT molecular complexity index is 538. The van der Waals surface area contributed by atoms with Gasteiger partial charge >= 0.3 is 5.97 Å². The SMILES string of the molecule is COc1ccc(COc2ccsc2C(=O)O)nn1. The van der Waals surface area contributed by atoms with Crippen molar-refractivity contribution in [1.29, 1.82) is 0 Å². The van der Waals surface area contributed by atoms with Gasteiger partial charge in [0.25, 0.3) is 0 Å². The van der Waals surface area contributed by atoms with Crippen LogP contribution in [0.15, 0.2) is 23.6 Å². The zero-order valence-corrected chi connectivity index (χ0v) is 10.3. The molecule has 0 aliphatic carbocycles. The first-order chi connectivity index (χ1) is 8.70. The maximum absolute atomic E-state index is 10.9. The number of aromatic nitrogens is 2. The van der Waals surface area contributed by atoms with Gasteiger partial charge in [0, 0.05) is 6.07 Å². The number of thiophene rings is 1. The highest BCUT2D eigenvalue weighted by Crippen LogP contribution is 2.25. The molecule has 0 atom stereocenters. The van der Waals surface area contributed by atoms with E-state index in [2.05, 4.69) is 10.2 Å². The standard InChI is InChI=1S/C11H10N2O4S/c1-16-9-3-2-7(12-13-9)6-17-8-4-5-18-10(8)11(14)15/h2-5H,6H2,1H3,(H,14,15). The number of hydrogen-bond donors (Lipinski definition) is 1. The molecule has 1 N–H and O–H groups in total. The van der Waals surface area contributed by atoms with Crippen molar-refractivity contribution in [3.63, 3.8) is 0 Å². The molecule has 0 aliphatic heterocycles. The Morgan fingerprint density at radius 2 is 2.22 bits per heavy atom. The molecule has 0 fully saturated rings. The summed E-state index contributed by atoms with van der Waals surface area (Å²) in [4.78, 5) is 11.0. The third kappa shape index (κ3) is 2.75. The van der Waals surface area contributed by atoms with Gasteiger partial charge in [0.15, 0.2) is 4.88 Å². The van der Waals surface area contributed by atoms with Gasteiger partial charge in [-0.05, 0) is 17.5 Å². The van der Waals surface area contributed by atoms with Crippen LogP contribution in [0, 0.1) is 0 Å². The van der Waals surface area contributed by atoms with E-state index in [1.54, 1.807) is 23.6 Å². The van der Waals surface area contributed by atoms with Gasteiger partial charge in [-0.1, -0.05) is 0 Å². The van der Waals surface area contributed by atoms with E-state index in [4.69, 9.17) is 14.6 Å². The lowest BCUT2D eigenvalue weighted by molar-refractivity contribution is 0.0697. The lowest BCUT2D eigenvalue weighted by Crippen LogP contribution is -2.03. The molecule has 0 bridgehead atoms. The van der Waals surface area contributed by atoms with Crippen LogP contribution in [-0.2, 0) is 6.61 Å². The minimum atomic E-state index is -0.999. The molecule has 0 aliphatic rings. The van der Waals surface area contributed by atoms with E-state index in [1.807, 2.05) is 0 Å². The second kappa shape index (κ2) is 5.46. The molecule has 2 aromatic rings. The minimum Gasteiger partial charge on any atom is -0.485 e. The Kier molecular flexibility index (Phi) is 3.73. The van der Waals surface area contributed by atoms with Crippen LogP contribution in [0.25, 0.3) is 0 Å². The third-order valence-electron chi connectivity index (χ3n) is 2.10. The Balaban J connectivity index is 2.02. The van der Waals surface area contributed by atoms with Crippen molar-refractivity contribution >= 4 is 17.3 Å². The van der Waals surface area contributed by atoms with Gasteiger partial charge in [-0.25, -0.2) is 4.79 Å². The summed E-state index contributed by atoms with van der Waals surface area (Å²) in [5.74, 6) is -0.244. The zero-order valence-electron chi connectivity index (χ0n) is 9.49. The highest BCUT2D eigenvalue weighted by molar-refractivity contribution is 7.12. The maximum atomic E-state index is 10.9. The number of hydrogen-bond acceptors (Lipinski definition) is 6. The average Bonchev–Trinajstić information content (AvgIpc) is 2.85. The Labute approximate surface area is 107 Å². The number of aromatic carboxylic acids is 1. The van der Waals surface area contributed by atoms with Crippen LogP contribution < -0.4 is 9.47 Å². The molecule has 0 unspecified atom stereocenters. The van der Waals surface area contributed by atoms with E-state index in [9.17, 15) is 4.79 Å². The predicted octanol–water partition coefficient (Wildman–Crippen LogP) is 1.82. The molecule has 0 saturated carbocycles. The summed E-state index contributed by atoms with van der Waals surface area (Å²) in [5, 5.41) is 18.2. The molecular weight excluding hydrogens is 256 g/mol. The summed E-state index contributed by atoms with van der Waals surface area (Å²) in [6.07, 6.45) is 0. The van der Waals surface area contributed by atoms with Crippen molar-refractivity contribution in [1.82, 2.24) is 10.2 Å². The van der Waals surface area contributed by atoms with Crippen molar-refractivity contribution in [2.45, 2.75) is 6.61 Å². The van der Waals surface area contributed by atoms with E-state index in [0.29, 0.717) is 17.3 Å². The number of methoxy groups -OCH3 is 1. The van der Waals surface area contributed by atoms with Gasteiger partial charge in [-0.15, -0.1) is 21.5 Å². The first-order valence-electron chi connectivity index (χ1n) is 5.01. The molecule has 0 aromatic carbocycles. The summed E-state index contributed by atoms with van der Waals surface area (Å²) in [6.45, 7) is 0.161. The van der Waals surface area contributed by atoms with Gasteiger partial charge in [-0.2, -0.15) is 0 Å². The highest BCUT2D eigenvalue weighted by Gasteiger charge is 2.13. The molecule has 94 valence electrons. The quantitative estimate of drug-likeness (QED) is 0.889. The monoisotopic (exact) mass is 266 g/mol. The van der Waals surface area contributed by atoms with Crippen LogP contribution >= 0.6 is 11.3 Å². The molecule has 7 heteroatoms. The fraction of sp³-hybridized carbons (Fsp3) is 0.182. The molecular formula is C11H10N2O4S. The molecule has 0 spiro atoms. The van der Waals surface area contributed by atoms with E-state index in [0.717, 1.165) is 11.3 Å². The number of rotatable bonds is 5. The topological polar surface area (TPSA) is 81.5 Å². The van der Waals surface area contributed by atoms with Gasteiger partial charge in [0.1, 0.15) is 18.1 Å². The van der Waals surface area contributed by atoms with Crippen LogP contribution in [0.5, 0.6) is 11.6 Å². The summed E-state index contributed by atoms with van der Waals surface area (Å²) in [5.41, 5.74) is 0.596. The number of nitrogens with zero attached hydrogens (tertiary/aromatic N) is 2. The van der Waals surface area contributed by atoms with Crippen LogP contribution in [0.2, 0.25) is 0 Å². The number of carboxylic acid groups (broad SMARTS) is 1. The second-order valence-corrected chi connectivity index (χ2v) is 4.19. The minimum absolute atomic E-state index is 0.161. The van der Waals surface area contributed by atoms with Gasteiger partial charge in [0.2, 0.25) is 5.88 Å². The largest absolute Gasteiger partial charge is 0.485 e. The summed E-state index contributed by atoms with van der Waals surface area (Å²) in [7, 11) is 1.50. The van der Waals surface area contributed by atoms with Crippen LogP contribution in [0.4, 0.5) is 0 Å². The number of carboxylic acids is 1. The molecule has 0 amide bonds. The third-order valence-corrected chi connectivity index (χ3v) is 2.99. The molecule has 0 saturated heterocycles. The lowest BCUT2D eigenvalue weighted by atomic mass is 10.4. The van der Waals surface area contributed by atoms with E-state index in [-0.39, 0.29) is 11.5 Å². The number of carbonyl (C=O) groups is 1. The Morgan fingerprint density at radius 3 is 2.83 bits per heavy atom. The van der Waals surface area contributed by atoms with Gasteiger partial charge in [0.05, 0.1) is 7.11 Å². The normalized spacial score (nSPS) is 10.1. The summed E-state index contributed by atoms with van der Waals surface area (Å²) in [6, 6.07) is 4.99. The Hall–Kier alpha value is -2.15. The van der Waals surface area contributed by atoms with Crippen LogP contribution in [0.3, 0.4) is 0 Å². The van der Waals surface area contributed by atoms with Gasteiger partial charge in [-0.3, -0.25) is 0 Å². The van der Waals surface area contributed by atoms with Crippen molar-refractivity contribution < 1.29 is 19.4 Å². The van der Waals surface area contributed by atoms with E-state index in [1.165, 1.54) is 7.11 Å². The number of ether oxygens (including phenoxy) is 2. The molecule has 6 nitrogen and oxygen atoms in total. The first-order valence-corrected chi connectivity index (χ1v) is 5.89. The van der Waals surface area contributed by atoms with Crippen LogP contribution in [0.1, 0.15) is 15.4 Å². The molecule has 2 heterocycles. The van der Waals surface area contributed by atoms with Crippen molar-refractivity contribution in [3.8, 4) is 11.6 Å². The lowest BCUT2D eigenvalue weighted by Gasteiger charge is -2.04. The van der Waals surface area contributed by atoms with E-state index < -0.39 is 5.97 Å². The predicted molar refractivity (Wildman–Crippen MR) is 64.2 cm³/mol. The van der Waals surface area contributed by atoms with Crippen molar-refractivity contribution in [2.24, 2.45) is 0 Å². The zero-order chi connectivity index (χ0) is 13.0. The fourth-order valence-corrected chi connectivity index (χ4v) is 1.92. The molecule has 2 rings (SSSR count).